The van der Waals surface area contributed by atoms with Crippen molar-refractivity contribution in [2.45, 2.75) is 77.0 Å². The molecule has 0 saturated heterocycles. The Hall–Kier alpha value is -1.89. The molecule has 140 valence electrons. The Morgan fingerprint density at radius 3 is 2.23 bits per heavy atom. The first-order chi connectivity index (χ1) is 12.9. The van der Waals surface area contributed by atoms with Crippen LogP contribution in [0.5, 0.6) is 0 Å². The summed E-state index contributed by atoms with van der Waals surface area (Å²) in [6.45, 7) is 2.17. The lowest BCUT2D eigenvalue weighted by Gasteiger charge is -2.24. The van der Waals surface area contributed by atoms with E-state index in [-0.39, 0.29) is 0 Å². The number of unbranched alkanes of at least 4 members (excludes halogenated alkanes) is 4. The molecule has 0 amide bonds. The molecular formula is C25H34O. The van der Waals surface area contributed by atoms with Crippen molar-refractivity contribution in [1.29, 1.82) is 0 Å². The van der Waals surface area contributed by atoms with Crippen LogP contribution in [0, 0.1) is 0 Å². The zero-order chi connectivity index (χ0) is 18.5. The first-order valence-electron chi connectivity index (χ1n) is 10.4. The fourth-order valence-electron chi connectivity index (χ4n) is 3.80. The van der Waals surface area contributed by atoms with Gasteiger partial charge in [-0.3, -0.25) is 0 Å². The third-order valence-corrected chi connectivity index (χ3v) is 5.27. The van der Waals surface area contributed by atoms with Gasteiger partial charge in [-0.25, -0.2) is 0 Å². The Morgan fingerprint density at radius 2 is 1.54 bits per heavy atom. The summed E-state index contributed by atoms with van der Waals surface area (Å²) in [4.78, 5) is 9.77. The summed E-state index contributed by atoms with van der Waals surface area (Å²) in [5.74, 6) is 0.773. The zero-order valence-electron chi connectivity index (χ0n) is 16.3. The number of hydrogen-bond acceptors (Lipinski definition) is 1. The first-order valence-corrected chi connectivity index (χ1v) is 10.4. The summed E-state index contributed by atoms with van der Waals surface area (Å²) in [5, 5.41) is 0. The predicted octanol–water partition coefficient (Wildman–Crippen LogP) is 7.56. The Labute approximate surface area is 159 Å². The molecule has 1 heteroatoms. The van der Waals surface area contributed by atoms with Crippen molar-refractivity contribution in [2.75, 3.05) is 0 Å². The second-order valence-electron chi connectivity index (χ2n) is 7.30. The average molecular weight is 351 g/mol. The third-order valence-electron chi connectivity index (χ3n) is 5.27. The summed E-state index contributed by atoms with van der Waals surface area (Å²) in [7, 11) is 0. The molecule has 0 bridgehead atoms. The van der Waals surface area contributed by atoms with Crippen LogP contribution in [0.15, 0.2) is 54.6 Å². The van der Waals surface area contributed by atoms with E-state index in [2.05, 4.69) is 61.5 Å². The lowest BCUT2D eigenvalue weighted by atomic mass is 9.81. The Bertz CT molecular complexity index is 611. The first kappa shape index (κ1) is 20.4. The predicted molar refractivity (Wildman–Crippen MR) is 113 cm³/mol. The van der Waals surface area contributed by atoms with Gasteiger partial charge in [-0.1, -0.05) is 100 Å². The quantitative estimate of drug-likeness (QED) is 0.372. The molecule has 0 heterocycles. The summed E-state index contributed by atoms with van der Waals surface area (Å²) >= 11 is 0. The van der Waals surface area contributed by atoms with Crippen LogP contribution in [0.1, 0.15) is 82.6 Å². The van der Waals surface area contributed by atoms with Crippen LogP contribution < -0.4 is 0 Å². The van der Waals surface area contributed by atoms with Crippen LogP contribution >= 0.6 is 0 Å². The van der Waals surface area contributed by atoms with Crippen molar-refractivity contribution in [3.05, 3.63) is 60.2 Å². The monoisotopic (exact) mass is 350 g/mol. The summed E-state index contributed by atoms with van der Waals surface area (Å²) < 4.78 is 0. The van der Waals surface area contributed by atoms with Gasteiger partial charge in [0.1, 0.15) is 6.29 Å². The zero-order valence-corrected chi connectivity index (χ0v) is 16.3. The van der Waals surface area contributed by atoms with Gasteiger partial charge in [-0.05, 0) is 41.9 Å². The fraction of sp³-hybridized carbons (Fsp3) is 0.480. The maximum absolute atomic E-state index is 9.77. The molecule has 0 spiro atoms. The van der Waals surface area contributed by atoms with Gasteiger partial charge in [0, 0.05) is 6.42 Å². The van der Waals surface area contributed by atoms with Crippen LogP contribution in [-0.2, 0) is 4.79 Å². The minimum Gasteiger partial charge on any atom is -0.303 e. The van der Waals surface area contributed by atoms with E-state index in [1.165, 1.54) is 62.5 Å². The summed E-state index contributed by atoms with van der Waals surface area (Å²) in [6.07, 6.45) is 13.5. The maximum atomic E-state index is 9.77. The minimum atomic E-state index is 0.750. The van der Waals surface area contributed by atoms with Crippen LogP contribution in [0.4, 0.5) is 0 Å². The van der Waals surface area contributed by atoms with E-state index in [9.17, 15) is 4.79 Å². The number of carbonyl (C=O) groups is 1. The van der Waals surface area contributed by atoms with Crippen molar-refractivity contribution in [3.8, 4) is 11.1 Å². The standard InChI is InChI=1S/C18H20.C7H14O/c1-3-9-15(10-4-1)17-13-7-8-14-18(17)16-11-5-2-6-12-16;1-2-3-4-5-6-7-8/h1,3-4,7-10,13-14,16H,2,5-6,11-12H2;7H,2-6H2,1H3. The molecule has 1 aliphatic rings. The minimum absolute atomic E-state index is 0.750. The number of aldehydes is 1. The van der Waals surface area contributed by atoms with Crippen LogP contribution in [0.25, 0.3) is 11.1 Å². The van der Waals surface area contributed by atoms with E-state index in [0.717, 1.165) is 25.0 Å². The van der Waals surface area contributed by atoms with E-state index < -0.39 is 0 Å². The topological polar surface area (TPSA) is 17.1 Å². The van der Waals surface area contributed by atoms with Gasteiger partial charge in [-0.2, -0.15) is 0 Å². The highest BCUT2D eigenvalue weighted by atomic mass is 16.1. The molecule has 2 aromatic carbocycles. The summed E-state index contributed by atoms with van der Waals surface area (Å²) in [6, 6.07) is 19.8. The average Bonchev–Trinajstić information content (AvgIpc) is 2.73. The van der Waals surface area contributed by atoms with Crippen LogP contribution in [0.3, 0.4) is 0 Å². The van der Waals surface area contributed by atoms with Crippen molar-refractivity contribution in [3.63, 3.8) is 0 Å². The largest absolute Gasteiger partial charge is 0.303 e. The van der Waals surface area contributed by atoms with Gasteiger partial charge in [0.25, 0.3) is 0 Å². The molecule has 0 N–H and O–H groups in total. The highest BCUT2D eigenvalue weighted by molar-refractivity contribution is 5.68. The number of benzene rings is 2. The third kappa shape index (κ3) is 6.78. The molecule has 0 unspecified atom stereocenters. The van der Waals surface area contributed by atoms with E-state index in [4.69, 9.17) is 0 Å². The maximum Gasteiger partial charge on any atom is 0.119 e. The summed E-state index contributed by atoms with van der Waals surface area (Å²) in [5.41, 5.74) is 4.35. The molecule has 26 heavy (non-hydrogen) atoms. The number of carbonyl (C=O) groups excluding carboxylic acids is 1. The Morgan fingerprint density at radius 1 is 0.846 bits per heavy atom. The molecule has 1 saturated carbocycles. The van der Waals surface area contributed by atoms with E-state index in [1.807, 2.05) is 0 Å². The van der Waals surface area contributed by atoms with Gasteiger partial charge in [0.15, 0.2) is 0 Å². The van der Waals surface area contributed by atoms with Crippen molar-refractivity contribution >= 4 is 6.29 Å². The molecule has 0 atom stereocenters. The van der Waals surface area contributed by atoms with Gasteiger partial charge >= 0.3 is 0 Å². The molecule has 0 aliphatic heterocycles. The van der Waals surface area contributed by atoms with Crippen molar-refractivity contribution < 1.29 is 4.79 Å². The second kappa shape index (κ2) is 12.5. The molecule has 1 nitrogen and oxygen atoms in total. The van der Waals surface area contributed by atoms with Crippen molar-refractivity contribution in [1.82, 2.24) is 0 Å². The number of hydrogen-bond donors (Lipinski definition) is 0. The van der Waals surface area contributed by atoms with Crippen LogP contribution in [0.2, 0.25) is 0 Å². The smallest absolute Gasteiger partial charge is 0.119 e. The second-order valence-corrected chi connectivity index (χ2v) is 7.30. The van der Waals surface area contributed by atoms with Gasteiger partial charge in [-0.15, -0.1) is 0 Å². The van der Waals surface area contributed by atoms with E-state index in [0.29, 0.717) is 0 Å². The normalized spacial score (nSPS) is 14.3. The van der Waals surface area contributed by atoms with Gasteiger partial charge in [0.05, 0.1) is 0 Å². The lowest BCUT2D eigenvalue weighted by Crippen LogP contribution is -2.05. The molecule has 3 rings (SSSR count). The van der Waals surface area contributed by atoms with Gasteiger partial charge < -0.3 is 4.79 Å². The highest BCUT2D eigenvalue weighted by Gasteiger charge is 2.18. The lowest BCUT2D eigenvalue weighted by molar-refractivity contribution is -0.107. The molecule has 2 aromatic rings. The molecular weight excluding hydrogens is 316 g/mol. The fourth-order valence-corrected chi connectivity index (χ4v) is 3.80. The van der Waals surface area contributed by atoms with E-state index >= 15 is 0 Å². The van der Waals surface area contributed by atoms with E-state index in [1.54, 1.807) is 5.56 Å². The molecule has 1 aliphatic carbocycles. The van der Waals surface area contributed by atoms with Crippen molar-refractivity contribution in [2.24, 2.45) is 0 Å². The SMILES string of the molecule is CCCCCCC=O.c1ccc(-c2ccccc2C2CCCCC2)cc1. The Balaban J connectivity index is 0.000000260. The molecule has 1 fully saturated rings. The molecule has 0 radical (unpaired) electrons. The number of rotatable bonds is 7. The molecule has 0 aromatic heterocycles. The van der Waals surface area contributed by atoms with Crippen LogP contribution in [-0.4, -0.2) is 6.29 Å². The Kier molecular flexibility index (Phi) is 9.79. The van der Waals surface area contributed by atoms with Gasteiger partial charge in [0.2, 0.25) is 0 Å². The highest BCUT2D eigenvalue weighted by Crippen LogP contribution is 2.37.